The van der Waals surface area contributed by atoms with Gasteiger partial charge >= 0.3 is 12.1 Å². The van der Waals surface area contributed by atoms with Crippen molar-refractivity contribution in [3.05, 3.63) is 11.1 Å². The van der Waals surface area contributed by atoms with Gasteiger partial charge in [-0.25, -0.2) is 9.78 Å². The van der Waals surface area contributed by atoms with Gasteiger partial charge in [0.2, 0.25) is 18.7 Å². The molecule has 1 rings (SSSR count). The van der Waals surface area contributed by atoms with Crippen molar-refractivity contribution in [2.75, 3.05) is 11.9 Å². The molecule has 0 fully saturated rings. The summed E-state index contributed by atoms with van der Waals surface area (Å²) in [5.74, 6) is -1.61. The Morgan fingerprint density at radius 3 is 2.84 bits per heavy atom. The summed E-state index contributed by atoms with van der Waals surface area (Å²) in [6.45, 7) is -1.71. The molecule has 0 atom stereocenters. The number of hydrogen-bond acceptors (Lipinski definition) is 6. The summed E-state index contributed by atoms with van der Waals surface area (Å²) in [5.41, 5.74) is -1.01. The maximum Gasteiger partial charge on any atom is 0.425 e. The van der Waals surface area contributed by atoms with Gasteiger partial charge in [0.05, 0.1) is 0 Å². The monoisotopic (exact) mass is 297 g/mol. The minimum atomic E-state index is -4.63. The average molecular weight is 297 g/mol. The van der Waals surface area contributed by atoms with Gasteiger partial charge in [0.1, 0.15) is 5.69 Å². The van der Waals surface area contributed by atoms with Gasteiger partial charge in [-0.2, -0.15) is 13.2 Å². The largest absolute Gasteiger partial charge is 0.476 e. The van der Waals surface area contributed by atoms with E-state index in [1.54, 1.807) is 0 Å². The summed E-state index contributed by atoms with van der Waals surface area (Å²) in [5, 5.41) is 15.1. The molecule has 0 radical (unpaired) electrons. The van der Waals surface area contributed by atoms with Crippen LogP contribution in [0.15, 0.2) is 10.5 Å². The van der Waals surface area contributed by atoms with Crippen molar-refractivity contribution in [2.45, 2.75) is 6.18 Å². The van der Waals surface area contributed by atoms with Gasteiger partial charge in [-0.3, -0.25) is 4.79 Å². The number of anilines is 1. The molecule has 0 saturated carbocycles. The molecule has 1 amide bonds. The number of carboxylic acids is 1. The summed E-state index contributed by atoms with van der Waals surface area (Å²) < 4.78 is 35.4. The highest BCUT2D eigenvalue weighted by atomic mass is 32.1. The number of thiazole rings is 1. The fourth-order valence-electron chi connectivity index (χ4n) is 0.865. The van der Waals surface area contributed by atoms with Gasteiger partial charge in [0.15, 0.2) is 5.13 Å². The first-order valence-electron chi connectivity index (χ1n) is 4.49. The van der Waals surface area contributed by atoms with Crippen LogP contribution in [0.3, 0.4) is 0 Å². The number of aromatic nitrogens is 1. The second-order valence-electron chi connectivity index (χ2n) is 2.93. The van der Waals surface area contributed by atoms with Gasteiger partial charge in [-0.1, -0.05) is 5.16 Å². The molecular weight excluding hydrogens is 291 g/mol. The molecule has 0 aromatic carbocycles. The van der Waals surface area contributed by atoms with Crippen LogP contribution in [-0.4, -0.2) is 41.0 Å². The lowest BCUT2D eigenvalue weighted by molar-refractivity contribution is -0.174. The van der Waals surface area contributed by atoms with Crippen molar-refractivity contribution in [2.24, 2.45) is 5.16 Å². The Balaban J connectivity index is 2.84. The van der Waals surface area contributed by atoms with Crippen molar-refractivity contribution >= 4 is 34.6 Å². The molecular formula is C8H6F3N3O4S. The number of hydrogen-bond donors (Lipinski definition) is 2. The predicted octanol–water partition coefficient (Wildman–Crippen LogP) is 1.08. The Kier molecular flexibility index (Phi) is 4.80. The molecule has 0 aliphatic carbocycles. The SMILES string of the molecule is O=CNc1nc(C(=NOCC(F)(F)F)C(=O)O)cs1. The van der Waals surface area contributed by atoms with Gasteiger partial charge in [0, 0.05) is 5.38 Å². The Morgan fingerprint density at radius 2 is 2.32 bits per heavy atom. The maximum absolute atomic E-state index is 11.8. The first-order chi connectivity index (χ1) is 8.83. The summed E-state index contributed by atoms with van der Waals surface area (Å²) in [7, 11) is 0. The molecule has 7 nitrogen and oxygen atoms in total. The van der Waals surface area contributed by atoms with Crippen molar-refractivity contribution < 1.29 is 32.7 Å². The zero-order valence-electron chi connectivity index (χ0n) is 8.97. The van der Waals surface area contributed by atoms with Gasteiger partial charge < -0.3 is 15.3 Å². The maximum atomic E-state index is 11.8. The Bertz CT molecular complexity index is 500. The number of carbonyl (C=O) groups excluding carboxylic acids is 1. The van der Waals surface area contributed by atoms with E-state index in [9.17, 15) is 22.8 Å². The van der Waals surface area contributed by atoms with Crippen LogP contribution in [0.1, 0.15) is 5.69 Å². The van der Waals surface area contributed by atoms with E-state index in [-0.39, 0.29) is 10.8 Å². The van der Waals surface area contributed by atoms with E-state index in [2.05, 4.69) is 20.3 Å². The zero-order valence-corrected chi connectivity index (χ0v) is 9.79. The number of oxime groups is 1. The predicted molar refractivity (Wildman–Crippen MR) is 58.0 cm³/mol. The van der Waals surface area contributed by atoms with Crippen LogP contribution in [0.5, 0.6) is 0 Å². The third-order valence-corrected chi connectivity index (χ3v) is 2.29. The lowest BCUT2D eigenvalue weighted by Gasteiger charge is -2.04. The number of carbonyl (C=O) groups is 2. The van der Waals surface area contributed by atoms with Crippen LogP contribution in [0.2, 0.25) is 0 Å². The third kappa shape index (κ3) is 4.91. The van der Waals surface area contributed by atoms with Crippen LogP contribution in [-0.2, 0) is 14.4 Å². The first kappa shape index (κ1) is 14.9. The van der Waals surface area contributed by atoms with Crippen molar-refractivity contribution in [3.63, 3.8) is 0 Å². The molecule has 2 N–H and O–H groups in total. The molecule has 11 heteroatoms. The molecule has 0 bridgehead atoms. The molecule has 0 aliphatic heterocycles. The molecule has 104 valence electrons. The molecule has 0 saturated heterocycles. The van der Waals surface area contributed by atoms with Crippen molar-refractivity contribution in [1.29, 1.82) is 0 Å². The zero-order chi connectivity index (χ0) is 14.5. The van der Waals surface area contributed by atoms with Gasteiger partial charge in [-0.05, 0) is 0 Å². The Labute approximate surface area is 107 Å². The number of nitrogens with zero attached hydrogens (tertiary/aromatic N) is 2. The fourth-order valence-corrected chi connectivity index (χ4v) is 1.52. The quantitative estimate of drug-likeness (QED) is 0.465. The number of aliphatic carboxylic acids is 1. The second-order valence-corrected chi connectivity index (χ2v) is 3.79. The molecule has 0 aliphatic rings. The second kappa shape index (κ2) is 6.13. The smallest absolute Gasteiger partial charge is 0.425 e. The third-order valence-electron chi connectivity index (χ3n) is 1.52. The van der Waals surface area contributed by atoms with Gasteiger partial charge in [0.25, 0.3) is 0 Å². The van der Waals surface area contributed by atoms with Crippen molar-refractivity contribution in [1.82, 2.24) is 4.98 Å². The lowest BCUT2D eigenvalue weighted by Crippen LogP contribution is -2.19. The fraction of sp³-hybridized carbons (Fsp3) is 0.250. The Morgan fingerprint density at radius 1 is 1.63 bits per heavy atom. The number of rotatable bonds is 6. The lowest BCUT2D eigenvalue weighted by atomic mass is 10.3. The summed E-state index contributed by atoms with van der Waals surface area (Å²) in [4.78, 5) is 28.5. The molecule has 1 aromatic heterocycles. The van der Waals surface area contributed by atoms with Crippen LogP contribution in [0, 0.1) is 0 Å². The van der Waals surface area contributed by atoms with E-state index in [1.807, 2.05) is 0 Å². The number of halogens is 3. The van der Waals surface area contributed by atoms with E-state index in [0.717, 1.165) is 11.3 Å². The molecule has 19 heavy (non-hydrogen) atoms. The molecule has 1 heterocycles. The van der Waals surface area contributed by atoms with Crippen LogP contribution in [0.25, 0.3) is 0 Å². The minimum absolute atomic E-state index is 0.0785. The van der Waals surface area contributed by atoms with Crippen LogP contribution >= 0.6 is 11.3 Å². The summed E-state index contributed by atoms with van der Waals surface area (Å²) in [6, 6.07) is 0. The van der Waals surface area contributed by atoms with Gasteiger partial charge in [-0.15, -0.1) is 11.3 Å². The minimum Gasteiger partial charge on any atom is -0.476 e. The highest BCUT2D eigenvalue weighted by Gasteiger charge is 2.29. The Hall–Kier alpha value is -2.17. The van der Waals surface area contributed by atoms with E-state index < -0.39 is 24.5 Å². The van der Waals surface area contributed by atoms with E-state index in [1.165, 1.54) is 5.38 Å². The van der Waals surface area contributed by atoms with E-state index in [4.69, 9.17) is 5.11 Å². The number of amides is 1. The summed E-state index contributed by atoms with van der Waals surface area (Å²) in [6.07, 6.45) is -4.31. The highest BCUT2D eigenvalue weighted by molar-refractivity contribution is 7.14. The number of carboxylic acid groups (broad SMARTS) is 1. The average Bonchev–Trinajstić information content (AvgIpc) is 2.71. The number of nitrogens with one attached hydrogen (secondary N) is 1. The topological polar surface area (TPSA) is 101 Å². The number of alkyl halides is 3. The van der Waals surface area contributed by atoms with E-state index >= 15 is 0 Å². The molecule has 1 aromatic rings. The normalized spacial score (nSPS) is 12.1. The first-order valence-corrected chi connectivity index (χ1v) is 5.37. The highest BCUT2D eigenvalue weighted by Crippen LogP contribution is 2.17. The molecule has 0 unspecified atom stereocenters. The van der Waals surface area contributed by atoms with Crippen LogP contribution in [0.4, 0.5) is 18.3 Å². The van der Waals surface area contributed by atoms with E-state index in [0.29, 0.717) is 6.41 Å². The van der Waals surface area contributed by atoms with Crippen LogP contribution < -0.4 is 5.32 Å². The summed E-state index contributed by atoms with van der Waals surface area (Å²) >= 11 is 0.883. The molecule has 0 spiro atoms. The standard InChI is InChI=1S/C8H6F3N3O4S/c9-8(10,11)2-18-14-5(6(16)17)4-1-19-7(13-4)12-3-15/h1,3H,2H2,(H,16,17)(H,12,13,15). The van der Waals surface area contributed by atoms with Crippen molar-refractivity contribution in [3.8, 4) is 0 Å².